The summed E-state index contributed by atoms with van der Waals surface area (Å²) in [7, 11) is 0. The molecule has 146 valence electrons. The van der Waals surface area contributed by atoms with Gasteiger partial charge in [-0.25, -0.2) is 9.59 Å². The lowest BCUT2D eigenvalue weighted by Crippen LogP contribution is -1.95. The number of benzene rings is 3. The van der Waals surface area contributed by atoms with Gasteiger partial charge in [0.25, 0.3) is 0 Å². The normalized spacial score (nSPS) is 14.1. The van der Waals surface area contributed by atoms with Crippen molar-refractivity contribution in [1.29, 1.82) is 0 Å². The number of ether oxygens (including phenoxy) is 4. The van der Waals surface area contributed by atoms with Gasteiger partial charge in [0.05, 0.1) is 11.1 Å². The molecule has 6 nitrogen and oxygen atoms in total. The quantitative estimate of drug-likeness (QED) is 0.537. The highest BCUT2D eigenvalue weighted by Gasteiger charge is 2.26. The number of hydrogen-bond donors (Lipinski definition) is 0. The number of rotatable bonds is 4. The lowest BCUT2D eigenvalue weighted by atomic mass is 10.1. The third-order valence-corrected chi connectivity index (χ3v) is 4.75. The average Bonchev–Trinajstić information content (AvgIpc) is 3.18. The number of esters is 2. The summed E-state index contributed by atoms with van der Waals surface area (Å²) < 4.78 is 21.7. The first-order chi connectivity index (χ1) is 14.5. The van der Waals surface area contributed by atoms with Crippen LogP contribution in [0.4, 0.5) is 0 Å². The van der Waals surface area contributed by atoms with E-state index in [4.69, 9.17) is 18.9 Å². The number of carbonyl (C=O) groups is 2. The van der Waals surface area contributed by atoms with Crippen LogP contribution < -0.4 is 9.47 Å². The molecule has 0 amide bonds. The van der Waals surface area contributed by atoms with E-state index in [9.17, 15) is 9.59 Å². The van der Waals surface area contributed by atoms with E-state index in [0.717, 1.165) is 0 Å². The molecule has 0 unspecified atom stereocenters. The summed E-state index contributed by atoms with van der Waals surface area (Å²) >= 11 is 0. The van der Waals surface area contributed by atoms with Crippen LogP contribution in [-0.4, -0.2) is 11.9 Å². The molecule has 0 bridgehead atoms. The van der Waals surface area contributed by atoms with Crippen molar-refractivity contribution in [2.45, 2.75) is 0 Å². The molecule has 3 aromatic carbocycles. The third-order valence-electron chi connectivity index (χ3n) is 4.75. The zero-order valence-corrected chi connectivity index (χ0v) is 15.6. The van der Waals surface area contributed by atoms with Crippen LogP contribution in [0, 0.1) is 0 Å². The molecule has 2 heterocycles. The maximum atomic E-state index is 11.8. The molecular weight excluding hydrogens is 384 g/mol. The summed E-state index contributed by atoms with van der Waals surface area (Å²) in [6.45, 7) is 7.41. The Morgan fingerprint density at radius 1 is 0.533 bits per heavy atom. The molecule has 5 rings (SSSR count). The molecule has 0 N–H and O–H groups in total. The zero-order valence-electron chi connectivity index (χ0n) is 15.6. The number of fused-ring (bicyclic) bond motifs is 2. The van der Waals surface area contributed by atoms with Crippen molar-refractivity contribution in [1.82, 2.24) is 0 Å². The second kappa shape index (κ2) is 6.63. The Morgan fingerprint density at radius 2 is 0.900 bits per heavy atom. The maximum absolute atomic E-state index is 11.8. The number of hydrogen-bond acceptors (Lipinski definition) is 6. The van der Waals surface area contributed by atoms with Gasteiger partial charge in [-0.15, -0.1) is 0 Å². The Balaban J connectivity index is 1.31. The fourth-order valence-electron chi connectivity index (χ4n) is 3.29. The predicted molar refractivity (Wildman–Crippen MR) is 108 cm³/mol. The van der Waals surface area contributed by atoms with Crippen molar-refractivity contribution < 1.29 is 28.5 Å². The van der Waals surface area contributed by atoms with Crippen LogP contribution in [0.15, 0.2) is 73.8 Å². The highest BCUT2D eigenvalue weighted by Crippen LogP contribution is 2.35. The van der Waals surface area contributed by atoms with Crippen LogP contribution in [0.1, 0.15) is 31.8 Å². The smallest absolute Gasteiger partial charge is 0.344 e. The molecule has 0 saturated carbocycles. The first-order valence-electron chi connectivity index (χ1n) is 9.05. The number of cyclic esters (lactones) is 2. The molecule has 0 saturated heterocycles. The van der Waals surface area contributed by atoms with Gasteiger partial charge >= 0.3 is 11.9 Å². The van der Waals surface area contributed by atoms with Gasteiger partial charge in [0.1, 0.15) is 34.5 Å². The van der Waals surface area contributed by atoms with Gasteiger partial charge in [-0.1, -0.05) is 13.2 Å². The lowest BCUT2D eigenvalue weighted by molar-refractivity contribution is 0.0706. The first kappa shape index (κ1) is 17.8. The predicted octanol–water partition coefficient (Wildman–Crippen LogP) is 5.55. The van der Waals surface area contributed by atoms with Crippen molar-refractivity contribution in [2.24, 2.45) is 0 Å². The Hall–Kier alpha value is -4.32. The molecule has 0 fully saturated rings. The first-order valence-corrected chi connectivity index (χ1v) is 9.05. The summed E-state index contributed by atoms with van der Waals surface area (Å²) in [5, 5.41) is 0. The minimum Gasteiger partial charge on any atom is -0.457 e. The van der Waals surface area contributed by atoms with Gasteiger partial charge in [-0.3, -0.25) is 0 Å². The lowest BCUT2D eigenvalue weighted by Gasteiger charge is -2.09. The molecule has 3 aromatic rings. The minimum absolute atomic E-state index is 0.340. The van der Waals surface area contributed by atoms with Crippen LogP contribution in [0.25, 0.3) is 11.5 Å². The molecule has 2 aliphatic heterocycles. The maximum Gasteiger partial charge on any atom is 0.344 e. The molecule has 0 atom stereocenters. The van der Waals surface area contributed by atoms with E-state index in [1.165, 1.54) is 0 Å². The van der Waals surface area contributed by atoms with E-state index in [2.05, 4.69) is 13.2 Å². The average molecular weight is 398 g/mol. The zero-order chi connectivity index (χ0) is 20.8. The van der Waals surface area contributed by atoms with E-state index in [0.29, 0.717) is 56.8 Å². The van der Waals surface area contributed by atoms with Crippen LogP contribution in [0.5, 0.6) is 23.0 Å². The van der Waals surface area contributed by atoms with Gasteiger partial charge in [-0.05, 0) is 60.7 Å². The summed E-state index contributed by atoms with van der Waals surface area (Å²) in [6, 6.07) is 17.2. The van der Waals surface area contributed by atoms with Crippen LogP contribution in [0.3, 0.4) is 0 Å². The molecule has 0 radical (unpaired) electrons. The molecule has 0 spiro atoms. The molecule has 0 aliphatic carbocycles. The summed E-state index contributed by atoms with van der Waals surface area (Å²) in [4.78, 5) is 23.6. The Labute approximate surface area is 171 Å². The van der Waals surface area contributed by atoms with E-state index in [1.807, 2.05) is 0 Å². The SMILES string of the molecule is C=C1OC(=O)c2cc(Oc3ccc(Oc4ccc5c(c4)C(=O)OC5=C)cc3)ccc21. The Morgan fingerprint density at radius 3 is 1.30 bits per heavy atom. The van der Waals surface area contributed by atoms with E-state index >= 15 is 0 Å². The van der Waals surface area contributed by atoms with E-state index in [-0.39, 0.29) is 0 Å². The topological polar surface area (TPSA) is 71.1 Å². The summed E-state index contributed by atoms with van der Waals surface area (Å²) in [6.07, 6.45) is 0. The Bertz CT molecular complexity index is 1150. The van der Waals surface area contributed by atoms with E-state index in [1.54, 1.807) is 60.7 Å². The van der Waals surface area contributed by atoms with Crippen molar-refractivity contribution in [3.8, 4) is 23.0 Å². The van der Waals surface area contributed by atoms with E-state index < -0.39 is 11.9 Å². The van der Waals surface area contributed by atoms with Gasteiger partial charge < -0.3 is 18.9 Å². The van der Waals surface area contributed by atoms with Gasteiger partial charge in [-0.2, -0.15) is 0 Å². The summed E-state index contributed by atoms with van der Waals surface area (Å²) in [5.74, 6) is 1.96. The van der Waals surface area contributed by atoms with Crippen LogP contribution >= 0.6 is 0 Å². The highest BCUT2D eigenvalue weighted by atomic mass is 16.5. The fraction of sp³-hybridized carbons (Fsp3) is 0. The van der Waals surface area contributed by atoms with Crippen LogP contribution in [-0.2, 0) is 9.47 Å². The van der Waals surface area contributed by atoms with Gasteiger partial charge in [0.2, 0.25) is 0 Å². The van der Waals surface area contributed by atoms with Gasteiger partial charge in [0.15, 0.2) is 0 Å². The van der Waals surface area contributed by atoms with Crippen LogP contribution in [0.2, 0.25) is 0 Å². The van der Waals surface area contributed by atoms with Crippen molar-refractivity contribution >= 4 is 23.5 Å². The van der Waals surface area contributed by atoms with Gasteiger partial charge in [0, 0.05) is 11.1 Å². The minimum atomic E-state index is -0.439. The third kappa shape index (κ3) is 3.00. The fourth-order valence-corrected chi connectivity index (χ4v) is 3.29. The second-order valence-corrected chi connectivity index (χ2v) is 6.72. The highest BCUT2D eigenvalue weighted by molar-refractivity contribution is 6.03. The monoisotopic (exact) mass is 398 g/mol. The van der Waals surface area contributed by atoms with Crippen molar-refractivity contribution in [3.05, 3.63) is 96.1 Å². The molecular formula is C24H14O6. The number of carbonyl (C=O) groups excluding carboxylic acids is 2. The molecule has 2 aliphatic rings. The molecule has 6 heteroatoms. The van der Waals surface area contributed by atoms with Crippen molar-refractivity contribution in [2.75, 3.05) is 0 Å². The Kier molecular flexibility index (Phi) is 3.93. The molecule has 30 heavy (non-hydrogen) atoms. The summed E-state index contributed by atoms with van der Waals surface area (Å²) in [5.41, 5.74) is 2.18. The largest absolute Gasteiger partial charge is 0.457 e. The molecule has 0 aromatic heterocycles. The standard InChI is InChI=1S/C24H14O6/c1-13-19-9-7-17(11-21(19)23(25)27-13)29-15-3-5-16(6-4-15)30-18-8-10-20-14(2)28-24(26)22(20)12-18/h3-12H,1-2H2. The van der Waals surface area contributed by atoms with Crippen molar-refractivity contribution in [3.63, 3.8) is 0 Å². The second-order valence-electron chi connectivity index (χ2n) is 6.72.